The summed E-state index contributed by atoms with van der Waals surface area (Å²) in [6, 6.07) is 7.81. The summed E-state index contributed by atoms with van der Waals surface area (Å²) in [6.07, 6.45) is -7.43. The third-order valence-corrected chi connectivity index (χ3v) is 4.91. The van der Waals surface area contributed by atoms with E-state index in [4.69, 9.17) is 18.9 Å². The van der Waals surface area contributed by atoms with Crippen LogP contribution in [-0.4, -0.2) is 81.0 Å². The van der Waals surface area contributed by atoms with Gasteiger partial charge in [0.2, 0.25) is 6.29 Å². The minimum atomic E-state index is -1.64. The molecule has 0 spiro atoms. The van der Waals surface area contributed by atoms with Crippen LogP contribution in [0, 0.1) is 0 Å². The van der Waals surface area contributed by atoms with Crippen molar-refractivity contribution in [2.45, 2.75) is 37.3 Å². The van der Waals surface area contributed by atoms with Crippen LogP contribution in [0.15, 0.2) is 36.4 Å². The summed E-state index contributed by atoms with van der Waals surface area (Å²) in [7, 11) is 1.33. The molecule has 0 radical (unpaired) electrons. The van der Waals surface area contributed by atoms with Gasteiger partial charge in [-0.2, -0.15) is 0 Å². The number of phenolic OH excluding ortho intramolecular Hbond substituents is 2. The van der Waals surface area contributed by atoms with Crippen LogP contribution in [0.3, 0.4) is 0 Å². The van der Waals surface area contributed by atoms with E-state index in [1.165, 1.54) is 43.5 Å². The van der Waals surface area contributed by atoms with Crippen molar-refractivity contribution < 1.29 is 54.4 Å². The maximum absolute atomic E-state index is 12.4. The van der Waals surface area contributed by atoms with Gasteiger partial charge < -0.3 is 49.6 Å². The Morgan fingerprint density at radius 1 is 1.00 bits per heavy atom. The lowest BCUT2D eigenvalue weighted by Crippen LogP contribution is -2.60. The van der Waals surface area contributed by atoms with E-state index in [0.717, 1.165) is 0 Å². The fourth-order valence-electron chi connectivity index (χ4n) is 3.11. The Morgan fingerprint density at radius 2 is 1.75 bits per heavy atom. The number of carbonyl (C=O) groups excluding carboxylic acids is 1. The van der Waals surface area contributed by atoms with Crippen LogP contribution in [-0.2, 0) is 16.1 Å². The van der Waals surface area contributed by atoms with Crippen molar-refractivity contribution >= 4 is 5.97 Å². The number of methoxy groups -OCH3 is 1. The van der Waals surface area contributed by atoms with Crippen LogP contribution >= 0.6 is 0 Å². The highest BCUT2D eigenvalue weighted by Gasteiger charge is 2.44. The van der Waals surface area contributed by atoms with E-state index in [1.54, 1.807) is 0 Å². The number of ether oxygens (including phenoxy) is 4. The highest BCUT2D eigenvalue weighted by Crippen LogP contribution is 2.30. The standard InChI is InChI=1S/C21H24O11/c1-29-15-7-10(2-4-13(15)24)20(28)30-9-11-6-12(23)3-5-14(11)31-21-19(27)18(26)17(25)16(8-22)32-21/h2-7,16-19,21-27H,8-9H2,1H3/t16-,17-,18+,19-,21-/m1/s1. The maximum atomic E-state index is 12.4. The van der Waals surface area contributed by atoms with Crippen molar-refractivity contribution in [1.29, 1.82) is 0 Å². The molecule has 32 heavy (non-hydrogen) atoms. The van der Waals surface area contributed by atoms with Gasteiger partial charge in [0.15, 0.2) is 11.5 Å². The molecule has 1 aliphatic rings. The Kier molecular flexibility index (Phi) is 7.38. The second-order valence-corrected chi connectivity index (χ2v) is 7.07. The highest BCUT2D eigenvalue weighted by atomic mass is 16.7. The molecule has 1 fully saturated rings. The van der Waals surface area contributed by atoms with Gasteiger partial charge in [0.05, 0.1) is 19.3 Å². The first-order valence-electron chi connectivity index (χ1n) is 9.58. The quantitative estimate of drug-likeness (QED) is 0.303. The normalized spacial score (nSPS) is 25.2. The van der Waals surface area contributed by atoms with Gasteiger partial charge in [-0.25, -0.2) is 4.79 Å². The van der Waals surface area contributed by atoms with Crippen LogP contribution in [0.1, 0.15) is 15.9 Å². The van der Waals surface area contributed by atoms with E-state index in [1.807, 2.05) is 0 Å². The summed E-state index contributed by atoms with van der Waals surface area (Å²) >= 11 is 0. The van der Waals surface area contributed by atoms with Gasteiger partial charge in [-0.3, -0.25) is 0 Å². The van der Waals surface area contributed by atoms with E-state index >= 15 is 0 Å². The lowest BCUT2D eigenvalue weighted by Gasteiger charge is -2.39. The number of hydrogen-bond donors (Lipinski definition) is 6. The molecular weight excluding hydrogens is 428 g/mol. The molecule has 11 heteroatoms. The topological polar surface area (TPSA) is 175 Å². The first-order chi connectivity index (χ1) is 15.2. The molecule has 0 unspecified atom stereocenters. The average Bonchev–Trinajstić information content (AvgIpc) is 2.79. The summed E-state index contributed by atoms with van der Waals surface area (Å²) in [6.45, 7) is -0.968. The van der Waals surface area contributed by atoms with E-state index in [9.17, 15) is 35.4 Å². The molecule has 2 aromatic rings. The zero-order chi connectivity index (χ0) is 23.4. The molecule has 0 bridgehead atoms. The molecular formula is C21H24O11. The number of phenols is 2. The van der Waals surface area contributed by atoms with Gasteiger partial charge in [0.1, 0.15) is 42.5 Å². The summed E-state index contributed by atoms with van der Waals surface area (Å²) in [4.78, 5) is 12.4. The van der Waals surface area contributed by atoms with Crippen molar-refractivity contribution in [3.63, 3.8) is 0 Å². The molecule has 2 aromatic carbocycles. The minimum absolute atomic E-state index is 0.0585. The molecule has 5 atom stereocenters. The van der Waals surface area contributed by atoms with Crippen molar-refractivity contribution in [2.24, 2.45) is 0 Å². The number of carbonyl (C=O) groups is 1. The molecule has 6 N–H and O–H groups in total. The van der Waals surface area contributed by atoms with Gasteiger partial charge >= 0.3 is 5.97 Å². The van der Waals surface area contributed by atoms with Gasteiger partial charge in [0.25, 0.3) is 0 Å². The van der Waals surface area contributed by atoms with Crippen LogP contribution in [0.5, 0.6) is 23.0 Å². The zero-order valence-electron chi connectivity index (χ0n) is 17.0. The second kappa shape index (κ2) is 10.0. The summed E-state index contributed by atoms with van der Waals surface area (Å²) in [5, 5.41) is 58.7. The summed E-state index contributed by atoms with van der Waals surface area (Å²) < 4.78 is 21.1. The van der Waals surface area contributed by atoms with E-state index in [-0.39, 0.29) is 40.7 Å². The third kappa shape index (κ3) is 5.03. The lowest BCUT2D eigenvalue weighted by atomic mass is 9.99. The Bertz CT molecular complexity index is 945. The highest BCUT2D eigenvalue weighted by molar-refractivity contribution is 5.90. The van der Waals surface area contributed by atoms with Gasteiger partial charge in [-0.15, -0.1) is 0 Å². The van der Waals surface area contributed by atoms with Crippen molar-refractivity contribution in [1.82, 2.24) is 0 Å². The summed E-state index contributed by atoms with van der Waals surface area (Å²) in [5.41, 5.74) is 0.317. The minimum Gasteiger partial charge on any atom is -0.508 e. The number of aliphatic hydroxyl groups is 4. The number of benzene rings is 2. The Morgan fingerprint density at radius 3 is 2.44 bits per heavy atom. The van der Waals surface area contributed by atoms with Crippen LogP contribution in [0.2, 0.25) is 0 Å². The van der Waals surface area contributed by atoms with Gasteiger partial charge in [0, 0.05) is 5.56 Å². The molecule has 3 rings (SSSR count). The average molecular weight is 452 g/mol. The smallest absolute Gasteiger partial charge is 0.338 e. The fraction of sp³-hybridized carbons (Fsp3) is 0.381. The van der Waals surface area contributed by atoms with E-state index in [2.05, 4.69) is 0 Å². The van der Waals surface area contributed by atoms with Crippen LogP contribution < -0.4 is 9.47 Å². The lowest BCUT2D eigenvalue weighted by molar-refractivity contribution is -0.277. The monoisotopic (exact) mass is 452 g/mol. The number of hydrogen-bond acceptors (Lipinski definition) is 11. The molecule has 1 heterocycles. The number of esters is 1. The molecule has 11 nitrogen and oxygen atoms in total. The maximum Gasteiger partial charge on any atom is 0.338 e. The fourth-order valence-corrected chi connectivity index (χ4v) is 3.11. The zero-order valence-corrected chi connectivity index (χ0v) is 17.0. The van der Waals surface area contributed by atoms with Gasteiger partial charge in [-0.05, 0) is 36.4 Å². The van der Waals surface area contributed by atoms with Crippen LogP contribution in [0.25, 0.3) is 0 Å². The number of rotatable bonds is 7. The predicted molar refractivity (Wildman–Crippen MR) is 106 cm³/mol. The Labute approximate surface area is 182 Å². The molecule has 1 saturated heterocycles. The SMILES string of the molecule is COc1cc(C(=O)OCc2cc(O)ccc2O[C@@H]2O[C@H](CO)[C@@H](O)[C@H](O)[C@H]2O)ccc1O. The Balaban J connectivity index is 1.74. The summed E-state index contributed by atoms with van der Waals surface area (Å²) in [5.74, 6) is -0.896. The predicted octanol–water partition coefficient (Wildman–Crippen LogP) is -0.358. The van der Waals surface area contributed by atoms with Crippen molar-refractivity contribution in [3.8, 4) is 23.0 Å². The molecule has 1 aliphatic heterocycles. The molecule has 174 valence electrons. The van der Waals surface area contributed by atoms with Crippen molar-refractivity contribution in [2.75, 3.05) is 13.7 Å². The first kappa shape index (κ1) is 23.6. The second-order valence-electron chi connectivity index (χ2n) is 7.07. The Hall–Kier alpha value is -3.09. The van der Waals surface area contributed by atoms with Gasteiger partial charge in [-0.1, -0.05) is 0 Å². The molecule has 0 aliphatic carbocycles. The first-order valence-corrected chi connectivity index (χ1v) is 9.58. The molecule has 0 aromatic heterocycles. The number of aliphatic hydroxyl groups excluding tert-OH is 4. The van der Waals surface area contributed by atoms with E-state index in [0.29, 0.717) is 0 Å². The van der Waals surface area contributed by atoms with Crippen molar-refractivity contribution in [3.05, 3.63) is 47.5 Å². The molecule has 0 saturated carbocycles. The number of aromatic hydroxyl groups is 2. The van der Waals surface area contributed by atoms with Crippen LogP contribution in [0.4, 0.5) is 0 Å². The van der Waals surface area contributed by atoms with E-state index < -0.39 is 43.3 Å². The molecule has 0 amide bonds. The largest absolute Gasteiger partial charge is 0.508 e. The third-order valence-electron chi connectivity index (χ3n) is 4.91.